The molecule has 0 unspecified atom stereocenters. The number of hydrogen-bond donors (Lipinski definition) is 3. The minimum absolute atomic E-state index is 0.0585. The van der Waals surface area contributed by atoms with Crippen LogP contribution in [0.4, 0.5) is 4.79 Å². The number of rotatable bonds is 6. The number of ether oxygens (including phenoxy) is 2. The highest BCUT2D eigenvalue weighted by molar-refractivity contribution is 5.93. The fraction of sp³-hybridized carbons (Fsp3) is 0.538. The Kier molecular flexibility index (Phi) is 10.6. The van der Waals surface area contributed by atoms with Crippen LogP contribution in [0.5, 0.6) is 0 Å². The van der Waals surface area contributed by atoms with E-state index in [0.29, 0.717) is 37.9 Å². The van der Waals surface area contributed by atoms with Crippen molar-refractivity contribution in [2.75, 3.05) is 7.11 Å². The smallest absolute Gasteiger partial charge is 0.408 e. The Balaban J connectivity index is 1.77. The highest BCUT2D eigenvalue weighted by atomic mass is 16.5. The molecule has 1 aliphatic rings. The first-order chi connectivity index (χ1) is 18.2. The van der Waals surface area contributed by atoms with E-state index in [4.69, 9.17) is 9.47 Å². The highest BCUT2D eigenvalue weighted by Gasteiger charge is 2.31. The molecular weight excluding hydrogens is 492 g/mol. The largest absolute Gasteiger partial charge is 0.467 e. The first kappa shape index (κ1) is 28.6. The summed E-state index contributed by atoms with van der Waals surface area (Å²) in [6.07, 6.45) is 2.99. The van der Waals surface area contributed by atoms with Gasteiger partial charge in [-0.25, -0.2) is 9.59 Å². The number of benzene rings is 1. The van der Waals surface area contributed by atoms with E-state index in [-0.39, 0.29) is 18.9 Å². The van der Waals surface area contributed by atoms with E-state index in [9.17, 15) is 19.2 Å². The summed E-state index contributed by atoms with van der Waals surface area (Å²) in [6, 6.07) is 6.35. The number of alkyl carbamates (subject to hydrolysis) is 1. The van der Waals surface area contributed by atoms with E-state index >= 15 is 0 Å². The molecule has 1 aromatic carbocycles. The Labute approximate surface area is 221 Å². The average molecular weight is 529 g/mol. The zero-order chi connectivity index (χ0) is 27.5. The maximum Gasteiger partial charge on any atom is 0.408 e. The van der Waals surface area contributed by atoms with Crippen molar-refractivity contribution in [1.29, 1.82) is 0 Å². The van der Waals surface area contributed by atoms with Gasteiger partial charge >= 0.3 is 12.1 Å². The molecule has 0 spiro atoms. The monoisotopic (exact) mass is 528 g/mol. The second-order valence-electron chi connectivity index (χ2n) is 9.71. The second-order valence-corrected chi connectivity index (χ2v) is 9.71. The van der Waals surface area contributed by atoms with Gasteiger partial charge in [-0.2, -0.15) is 0 Å². The lowest BCUT2D eigenvalue weighted by molar-refractivity contribution is -0.145. The third-order valence-corrected chi connectivity index (χ3v) is 6.09. The van der Waals surface area contributed by atoms with Gasteiger partial charge in [0.2, 0.25) is 11.8 Å². The van der Waals surface area contributed by atoms with Gasteiger partial charge in [-0.05, 0) is 37.2 Å². The standard InChI is InChI=1S/C26H36N6O6/c1-17(2)13-21-24(34)28-22(25(35)37-3)14-19-15-32(31-30-19)12-8-7-11-20(23(33)27-21)29-26(36)38-16-18-9-5-4-6-10-18/h4-6,9-10,15,17,20-22H,7-8,11-14,16H2,1-3H3,(H,27,33)(H,28,34)(H,29,36)/t20-,21-,22-/m0/s1. The lowest BCUT2D eigenvalue weighted by Crippen LogP contribution is -2.56. The summed E-state index contributed by atoms with van der Waals surface area (Å²) in [4.78, 5) is 51.5. The number of carbonyl (C=O) groups excluding carboxylic acids is 4. The van der Waals surface area contributed by atoms with E-state index < -0.39 is 42.0 Å². The Hall–Kier alpha value is -3.96. The van der Waals surface area contributed by atoms with Gasteiger partial charge in [0.25, 0.3) is 0 Å². The molecule has 2 bridgehead atoms. The summed E-state index contributed by atoms with van der Waals surface area (Å²) in [5, 5.41) is 16.3. The number of nitrogens with one attached hydrogen (secondary N) is 3. The molecule has 0 saturated carbocycles. The maximum atomic E-state index is 13.3. The van der Waals surface area contributed by atoms with Gasteiger partial charge < -0.3 is 25.4 Å². The number of carbonyl (C=O) groups is 4. The van der Waals surface area contributed by atoms with Crippen LogP contribution in [-0.2, 0) is 43.4 Å². The molecular formula is C26H36N6O6. The van der Waals surface area contributed by atoms with Crippen molar-refractivity contribution in [3.05, 3.63) is 47.8 Å². The van der Waals surface area contributed by atoms with Gasteiger partial charge in [0.1, 0.15) is 24.7 Å². The van der Waals surface area contributed by atoms with Crippen molar-refractivity contribution in [1.82, 2.24) is 30.9 Å². The van der Waals surface area contributed by atoms with E-state index in [1.807, 2.05) is 44.2 Å². The van der Waals surface area contributed by atoms with Gasteiger partial charge in [-0.3, -0.25) is 14.3 Å². The molecule has 206 valence electrons. The van der Waals surface area contributed by atoms with Crippen LogP contribution in [0.15, 0.2) is 36.5 Å². The lowest BCUT2D eigenvalue weighted by Gasteiger charge is -2.25. The first-order valence-corrected chi connectivity index (χ1v) is 12.8. The number of esters is 1. The van der Waals surface area contributed by atoms with Crippen LogP contribution < -0.4 is 16.0 Å². The zero-order valence-electron chi connectivity index (χ0n) is 22.0. The van der Waals surface area contributed by atoms with Gasteiger partial charge in [0.05, 0.1) is 12.8 Å². The quantitative estimate of drug-likeness (QED) is 0.477. The van der Waals surface area contributed by atoms with Crippen LogP contribution in [0.2, 0.25) is 0 Å². The fourth-order valence-corrected chi connectivity index (χ4v) is 4.13. The summed E-state index contributed by atoms with van der Waals surface area (Å²) in [5.74, 6) is -1.61. The Morgan fingerprint density at radius 3 is 2.61 bits per heavy atom. The number of amides is 3. The van der Waals surface area contributed by atoms with Gasteiger partial charge in [-0.15, -0.1) is 5.10 Å². The fourth-order valence-electron chi connectivity index (χ4n) is 4.13. The van der Waals surface area contributed by atoms with Crippen molar-refractivity contribution in [2.45, 2.75) is 77.2 Å². The predicted octanol–water partition coefficient (Wildman–Crippen LogP) is 1.49. The number of aryl methyl sites for hydroxylation is 1. The SMILES string of the molecule is COC(=O)[C@@H]1Cc2cn(nn2)CCCC[C@H](NC(=O)OCc2ccccc2)C(=O)N[C@@H](CC(C)C)C(=O)N1. The minimum atomic E-state index is -1.00. The Bertz CT molecular complexity index is 1090. The van der Waals surface area contributed by atoms with Gasteiger partial charge in [0, 0.05) is 19.2 Å². The Morgan fingerprint density at radius 1 is 1.13 bits per heavy atom. The molecule has 3 atom stereocenters. The molecule has 3 rings (SSSR count). The van der Waals surface area contributed by atoms with Crippen LogP contribution in [0.1, 0.15) is 50.8 Å². The van der Waals surface area contributed by atoms with E-state index in [0.717, 1.165) is 5.56 Å². The molecule has 0 radical (unpaired) electrons. The molecule has 12 nitrogen and oxygen atoms in total. The lowest BCUT2D eigenvalue weighted by atomic mass is 10.0. The van der Waals surface area contributed by atoms with Crippen molar-refractivity contribution in [3.8, 4) is 0 Å². The minimum Gasteiger partial charge on any atom is -0.467 e. The Morgan fingerprint density at radius 2 is 1.89 bits per heavy atom. The number of aromatic nitrogens is 3. The first-order valence-electron chi connectivity index (χ1n) is 12.8. The summed E-state index contributed by atoms with van der Waals surface area (Å²) < 4.78 is 11.8. The summed E-state index contributed by atoms with van der Waals surface area (Å²) >= 11 is 0. The zero-order valence-corrected chi connectivity index (χ0v) is 22.0. The van der Waals surface area contributed by atoms with E-state index in [1.54, 1.807) is 10.9 Å². The van der Waals surface area contributed by atoms with Gasteiger partial charge in [0.15, 0.2) is 0 Å². The molecule has 2 aromatic rings. The van der Waals surface area contributed by atoms with Crippen molar-refractivity contribution in [2.24, 2.45) is 5.92 Å². The van der Waals surface area contributed by atoms with Crippen LogP contribution in [-0.4, -0.2) is 64.1 Å². The molecule has 3 N–H and O–H groups in total. The molecule has 1 aliphatic heterocycles. The third kappa shape index (κ3) is 8.86. The summed E-state index contributed by atoms with van der Waals surface area (Å²) in [6.45, 7) is 4.43. The molecule has 12 heteroatoms. The molecule has 0 fully saturated rings. The number of hydrogen-bond acceptors (Lipinski definition) is 8. The maximum absolute atomic E-state index is 13.3. The predicted molar refractivity (Wildman–Crippen MR) is 136 cm³/mol. The normalized spacial score (nSPS) is 20.9. The molecule has 3 amide bonds. The average Bonchev–Trinajstić information content (AvgIpc) is 3.34. The molecule has 1 aromatic heterocycles. The van der Waals surface area contributed by atoms with Crippen LogP contribution in [0, 0.1) is 5.92 Å². The van der Waals surface area contributed by atoms with Gasteiger partial charge in [-0.1, -0.05) is 49.4 Å². The molecule has 0 saturated heterocycles. The molecule has 2 heterocycles. The number of methoxy groups -OCH3 is 1. The van der Waals surface area contributed by atoms with Crippen LogP contribution in [0.25, 0.3) is 0 Å². The topological polar surface area (TPSA) is 154 Å². The summed E-state index contributed by atoms with van der Waals surface area (Å²) in [5.41, 5.74) is 1.34. The number of nitrogens with zero attached hydrogens (tertiary/aromatic N) is 3. The van der Waals surface area contributed by atoms with Crippen molar-refractivity contribution >= 4 is 23.9 Å². The van der Waals surface area contributed by atoms with E-state index in [2.05, 4.69) is 26.3 Å². The van der Waals surface area contributed by atoms with E-state index in [1.165, 1.54) is 7.11 Å². The second kappa shape index (κ2) is 14.1. The van der Waals surface area contributed by atoms with Crippen LogP contribution in [0.3, 0.4) is 0 Å². The van der Waals surface area contributed by atoms with Crippen molar-refractivity contribution in [3.63, 3.8) is 0 Å². The third-order valence-electron chi connectivity index (χ3n) is 6.09. The van der Waals surface area contributed by atoms with Crippen LogP contribution >= 0.6 is 0 Å². The molecule has 38 heavy (non-hydrogen) atoms. The summed E-state index contributed by atoms with van der Waals surface area (Å²) in [7, 11) is 1.24. The highest BCUT2D eigenvalue weighted by Crippen LogP contribution is 2.11. The molecule has 0 aliphatic carbocycles. The van der Waals surface area contributed by atoms with Crippen molar-refractivity contribution < 1.29 is 28.7 Å². The number of fused-ring (bicyclic) bond motifs is 2.